The normalized spacial score (nSPS) is 23.4. The molecular weight excluding hydrogens is 270 g/mol. The van der Waals surface area contributed by atoms with E-state index in [4.69, 9.17) is 4.74 Å². The number of ether oxygens (including phenoxy) is 1. The van der Waals surface area contributed by atoms with Crippen LogP contribution in [0.3, 0.4) is 0 Å². The summed E-state index contributed by atoms with van der Waals surface area (Å²) in [6, 6.07) is 0.648. The number of anilines is 1. The van der Waals surface area contributed by atoms with Gasteiger partial charge in [0.15, 0.2) is 5.13 Å². The highest BCUT2D eigenvalue weighted by Crippen LogP contribution is 2.31. The molecule has 2 atom stereocenters. The number of hydrogen-bond donors (Lipinski definition) is 1. The van der Waals surface area contributed by atoms with E-state index in [0.717, 1.165) is 23.5 Å². The van der Waals surface area contributed by atoms with Crippen molar-refractivity contribution >= 4 is 16.5 Å². The fourth-order valence-electron chi connectivity index (χ4n) is 2.72. The smallest absolute Gasteiger partial charge is 0.230 e. The Morgan fingerprint density at radius 2 is 2.10 bits per heavy atom. The summed E-state index contributed by atoms with van der Waals surface area (Å²) in [5, 5.41) is 4.70. The molecule has 1 N–H and O–H groups in total. The van der Waals surface area contributed by atoms with Crippen molar-refractivity contribution in [1.29, 1.82) is 0 Å². The number of methoxy groups -OCH3 is 1. The van der Waals surface area contributed by atoms with Gasteiger partial charge in [-0.05, 0) is 25.2 Å². The van der Waals surface area contributed by atoms with Crippen LogP contribution in [0.15, 0.2) is 0 Å². The number of hydrogen-bond acceptors (Lipinski definition) is 5. The van der Waals surface area contributed by atoms with Gasteiger partial charge in [-0.25, -0.2) is 0 Å². The molecule has 4 nitrogen and oxygen atoms in total. The molecule has 2 unspecified atom stereocenters. The molecule has 0 saturated heterocycles. The van der Waals surface area contributed by atoms with E-state index in [-0.39, 0.29) is 0 Å². The average molecular weight is 297 g/mol. The molecule has 1 aromatic heterocycles. The van der Waals surface area contributed by atoms with Crippen molar-refractivity contribution in [2.24, 2.45) is 5.92 Å². The van der Waals surface area contributed by atoms with Crippen LogP contribution in [0.4, 0.5) is 5.13 Å². The van der Waals surface area contributed by atoms with Crippen molar-refractivity contribution in [3.63, 3.8) is 0 Å². The Hall–Kier alpha value is -0.810. The van der Waals surface area contributed by atoms with E-state index in [9.17, 15) is 0 Å². The van der Waals surface area contributed by atoms with Crippen LogP contribution in [0.1, 0.15) is 43.9 Å². The van der Waals surface area contributed by atoms with Crippen molar-refractivity contribution in [3.05, 3.63) is 4.88 Å². The largest absolute Gasteiger partial charge is 0.480 e. The van der Waals surface area contributed by atoms with Gasteiger partial charge < -0.3 is 15.0 Å². The molecule has 1 fully saturated rings. The first-order chi connectivity index (χ1) is 9.60. The molecule has 1 heterocycles. The van der Waals surface area contributed by atoms with E-state index in [0.29, 0.717) is 6.04 Å². The molecule has 0 bridgehead atoms. The number of nitrogens with one attached hydrogen (secondary N) is 1. The zero-order chi connectivity index (χ0) is 14.5. The second-order valence-electron chi connectivity index (χ2n) is 6.01. The van der Waals surface area contributed by atoms with Gasteiger partial charge in [0, 0.05) is 26.7 Å². The number of nitrogens with zero attached hydrogens (tertiary/aromatic N) is 2. The molecule has 2 rings (SSSR count). The van der Waals surface area contributed by atoms with E-state index >= 15 is 0 Å². The maximum Gasteiger partial charge on any atom is 0.230 e. The van der Waals surface area contributed by atoms with E-state index in [1.807, 2.05) is 19.0 Å². The van der Waals surface area contributed by atoms with Crippen LogP contribution in [-0.4, -0.2) is 32.2 Å². The molecule has 0 spiro atoms. The van der Waals surface area contributed by atoms with Crippen LogP contribution in [0.2, 0.25) is 0 Å². The quantitative estimate of drug-likeness (QED) is 0.846. The van der Waals surface area contributed by atoms with Gasteiger partial charge in [-0.1, -0.05) is 31.1 Å². The maximum absolute atomic E-state index is 5.39. The van der Waals surface area contributed by atoms with Crippen LogP contribution >= 0.6 is 11.3 Å². The Labute approximate surface area is 126 Å². The first-order valence-electron chi connectivity index (χ1n) is 7.54. The molecule has 0 aliphatic heterocycles. The van der Waals surface area contributed by atoms with Crippen LogP contribution in [0.5, 0.6) is 5.88 Å². The predicted molar refractivity (Wildman–Crippen MR) is 85.9 cm³/mol. The predicted octanol–water partition coefficient (Wildman–Crippen LogP) is 3.28. The van der Waals surface area contributed by atoms with E-state index in [1.54, 1.807) is 18.4 Å². The van der Waals surface area contributed by atoms with Gasteiger partial charge >= 0.3 is 0 Å². The van der Waals surface area contributed by atoms with Crippen LogP contribution in [-0.2, 0) is 6.54 Å². The van der Waals surface area contributed by atoms with Gasteiger partial charge in [0.2, 0.25) is 5.88 Å². The first kappa shape index (κ1) is 15.6. The lowest BCUT2D eigenvalue weighted by Crippen LogP contribution is -2.27. The highest BCUT2D eigenvalue weighted by atomic mass is 32.1. The second-order valence-corrected chi connectivity index (χ2v) is 7.08. The topological polar surface area (TPSA) is 37.4 Å². The molecule has 5 heteroatoms. The fraction of sp³-hybridized carbons (Fsp3) is 0.800. The molecular formula is C15H27N3OS. The molecule has 0 amide bonds. The Morgan fingerprint density at radius 3 is 2.80 bits per heavy atom. The van der Waals surface area contributed by atoms with Gasteiger partial charge in [0.1, 0.15) is 0 Å². The number of aromatic nitrogens is 1. The maximum atomic E-state index is 5.39. The molecule has 1 aliphatic carbocycles. The van der Waals surface area contributed by atoms with Crippen molar-refractivity contribution in [1.82, 2.24) is 10.3 Å². The van der Waals surface area contributed by atoms with Gasteiger partial charge in [0.05, 0.1) is 12.0 Å². The molecule has 1 aromatic rings. The fourth-order valence-corrected chi connectivity index (χ4v) is 3.62. The summed E-state index contributed by atoms with van der Waals surface area (Å²) >= 11 is 1.71. The Kier molecular flexibility index (Phi) is 5.66. The lowest BCUT2D eigenvalue weighted by molar-refractivity contribution is 0.389. The Bertz CT molecular complexity index is 419. The summed E-state index contributed by atoms with van der Waals surface area (Å²) < 4.78 is 5.39. The summed E-state index contributed by atoms with van der Waals surface area (Å²) in [6.07, 6.45) is 6.67. The minimum Gasteiger partial charge on any atom is -0.480 e. The third-order valence-electron chi connectivity index (χ3n) is 4.03. The van der Waals surface area contributed by atoms with E-state index in [2.05, 4.69) is 17.2 Å². The second kappa shape index (κ2) is 7.27. The lowest BCUT2D eigenvalue weighted by Gasteiger charge is -2.15. The number of rotatable bonds is 5. The summed E-state index contributed by atoms with van der Waals surface area (Å²) in [4.78, 5) is 7.74. The lowest BCUT2D eigenvalue weighted by atomic mass is 10.0. The molecule has 20 heavy (non-hydrogen) atoms. The Morgan fingerprint density at radius 1 is 1.30 bits per heavy atom. The molecule has 0 aromatic carbocycles. The van der Waals surface area contributed by atoms with Gasteiger partial charge in [-0.15, -0.1) is 0 Å². The van der Waals surface area contributed by atoms with Crippen molar-refractivity contribution in [3.8, 4) is 5.88 Å². The summed E-state index contributed by atoms with van der Waals surface area (Å²) in [5.74, 6) is 1.66. The van der Waals surface area contributed by atoms with Gasteiger partial charge in [-0.2, -0.15) is 4.98 Å². The molecule has 114 valence electrons. The highest BCUT2D eigenvalue weighted by Gasteiger charge is 2.18. The molecule has 1 aliphatic rings. The summed E-state index contributed by atoms with van der Waals surface area (Å²) in [5.41, 5.74) is 0. The summed E-state index contributed by atoms with van der Waals surface area (Å²) in [7, 11) is 5.73. The Balaban J connectivity index is 1.92. The average Bonchev–Trinajstić information content (AvgIpc) is 2.73. The first-order valence-corrected chi connectivity index (χ1v) is 8.36. The summed E-state index contributed by atoms with van der Waals surface area (Å²) in [6.45, 7) is 3.24. The van der Waals surface area contributed by atoms with Gasteiger partial charge in [0.25, 0.3) is 0 Å². The zero-order valence-corrected chi connectivity index (χ0v) is 13.9. The molecule has 0 radical (unpaired) electrons. The third kappa shape index (κ3) is 4.09. The third-order valence-corrected chi connectivity index (χ3v) is 5.24. The number of thiazole rings is 1. The SMILES string of the molecule is COc1nc(N(C)C)sc1CNC1CCCC(C)CC1. The highest BCUT2D eigenvalue weighted by molar-refractivity contribution is 7.15. The monoisotopic (exact) mass is 297 g/mol. The van der Waals surface area contributed by atoms with Gasteiger partial charge in [-0.3, -0.25) is 0 Å². The van der Waals surface area contributed by atoms with Crippen molar-refractivity contribution < 1.29 is 4.74 Å². The zero-order valence-electron chi connectivity index (χ0n) is 13.1. The van der Waals surface area contributed by atoms with Crippen LogP contribution < -0.4 is 15.0 Å². The van der Waals surface area contributed by atoms with Crippen LogP contribution in [0.25, 0.3) is 0 Å². The van der Waals surface area contributed by atoms with Crippen molar-refractivity contribution in [2.75, 3.05) is 26.1 Å². The standard InChI is InChI=1S/C15H27N3OS/c1-11-6-5-7-12(9-8-11)16-10-13-14(19-4)17-15(20-13)18(2)3/h11-12,16H,5-10H2,1-4H3. The van der Waals surface area contributed by atoms with Crippen molar-refractivity contribution in [2.45, 2.75) is 51.6 Å². The molecule has 1 saturated carbocycles. The van der Waals surface area contributed by atoms with E-state index < -0.39 is 0 Å². The minimum atomic E-state index is 0.648. The minimum absolute atomic E-state index is 0.648. The van der Waals surface area contributed by atoms with E-state index in [1.165, 1.54) is 37.0 Å². The van der Waals surface area contributed by atoms with Crippen LogP contribution in [0, 0.1) is 5.92 Å².